The molecular formula is C10H8N2O2S. The van der Waals surface area contributed by atoms with Crippen LogP contribution in [0.5, 0.6) is 5.75 Å². The third-order valence-electron chi connectivity index (χ3n) is 1.94. The summed E-state index contributed by atoms with van der Waals surface area (Å²) >= 11 is 3.99. The summed E-state index contributed by atoms with van der Waals surface area (Å²) in [5, 5.41) is 9.11. The van der Waals surface area contributed by atoms with Crippen LogP contribution in [0.25, 0.3) is 5.69 Å². The van der Waals surface area contributed by atoms with Gasteiger partial charge < -0.3 is 5.11 Å². The minimum Gasteiger partial charge on any atom is -0.508 e. The summed E-state index contributed by atoms with van der Waals surface area (Å²) < 4.78 is 1.36. The van der Waals surface area contributed by atoms with Crippen molar-refractivity contribution in [1.82, 2.24) is 9.55 Å². The van der Waals surface area contributed by atoms with Gasteiger partial charge in [-0.05, 0) is 24.3 Å². The molecule has 0 aliphatic heterocycles. The van der Waals surface area contributed by atoms with Gasteiger partial charge in [-0.3, -0.25) is 9.36 Å². The van der Waals surface area contributed by atoms with Crippen molar-refractivity contribution in [3.63, 3.8) is 0 Å². The molecule has 1 heterocycles. The third-order valence-corrected chi connectivity index (χ3v) is 2.25. The van der Waals surface area contributed by atoms with Gasteiger partial charge in [0.05, 0.1) is 10.6 Å². The minimum atomic E-state index is -0.237. The number of phenolic OH excluding ortho intramolecular Hbond substituents is 1. The predicted octanol–water partition coefficient (Wildman–Crippen LogP) is 1.23. The van der Waals surface area contributed by atoms with Crippen molar-refractivity contribution in [2.24, 2.45) is 0 Å². The van der Waals surface area contributed by atoms with Crippen molar-refractivity contribution >= 4 is 12.6 Å². The molecule has 4 nitrogen and oxygen atoms in total. The quantitative estimate of drug-likeness (QED) is 0.711. The standard InChI is InChI=1S/C10H8N2O2S/c13-8-3-1-7(2-4-8)12-6-11-5-9(15)10(12)14/h1-6,13,15H. The van der Waals surface area contributed by atoms with E-state index in [1.54, 1.807) is 12.1 Å². The molecule has 2 aromatic rings. The molecule has 0 radical (unpaired) electrons. The van der Waals surface area contributed by atoms with Gasteiger partial charge in [-0.2, -0.15) is 0 Å². The Hall–Kier alpha value is -1.75. The molecule has 76 valence electrons. The van der Waals surface area contributed by atoms with E-state index < -0.39 is 0 Å². The van der Waals surface area contributed by atoms with Crippen LogP contribution in [0.4, 0.5) is 0 Å². The number of nitrogens with zero attached hydrogens (tertiary/aromatic N) is 2. The second kappa shape index (κ2) is 3.78. The Bertz CT molecular complexity index is 534. The van der Waals surface area contributed by atoms with Crippen molar-refractivity contribution in [2.75, 3.05) is 0 Å². The van der Waals surface area contributed by atoms with Crippen LogP contribution < -0.4 is 5.56 Å². The summed E-state index contributed by atoms with van der Waals surface area (Å²) in [6.45, 7) is 0. The lowest BCUT2D eigenvalue weighted by molar-refractivity contribution is 0.475. The van der Waals surface area contributed by atoms with Crippen molar-refractivity contribution in [3.05, 3.63) is 47.1 Å². The largest absolute Gasteiger partial charge is 0.508 e. The average molecular weight is 220 g/mol. The highest BCUT2D eigenvalue weighted by molar-refractivity contribution is 7.80. The van der Waals surface area contributed by atoms with Gasteiger partial charge in [0, 0.05) is 6.20 Å². The van der Waals surface area contributed by atoms with Gasteiger partial charge >= 0.3 is 0 Å². The van der Waals surface area contributed by atoms with E-state index in [-0.39, 0.29) is 16.2 Å². The van der Waals surface area contributed by atoms with E-state index in [0.29, 0.717) is 5.69 Å². The number of hydrogen-bond acceptors (Lipinski definition) is 4. The number of hydrogen-bond donors (Lipinski definition) is 2. The maximum atomic E-state index is 11.6. The van der Waals surface area contributed by atoms with Gasteiger partial charge in [0.1, 0.15) is 12.1 Å². The Morgan fingerprint density at radius 3 is 2.60 bits per heavy atom. The first kappa shape index (κ1) is 9.79. The first-order valence-electron chi connectivity index (χ1n) is 4.23. The molecule has 0 saturated heterocycles. The third kappa shape index (κ3) is 1.87. The molecule has 0 bridgehead atoms. The van der Waals surface area contributed by atoms with Crippen LogP contribution in [0, 0.1) is 0 Å². The molecule has 0 aliphatic rings. The number of aromatic hydroxyl groups is 1. The molecular weight excluding hydrogens is 212 g/mol. The molecule has 1 aromatic heterocycles. The molecule has 0 aliphatic carbocycles. The highest BCUT2D eigenvalue weighted by Crippen LogP contribution is 2.12. The van der Waals surface area contributed by atoms with Crippen LogP contribution in [-0.2, 0) is 0 Å². The second-order valence-electron chi connectivity index (χ2n) is 2.97. The first-order valence-corrected chi connectivity index (χ1v) is 4.68. The van der Waals surface area contributed by atoms with Crippen molar-refractivity contribution < 1.29 is 5.11 Å². The number of phenols is 1. The zero-order chi connectivity index (χ0) is 10.8. The average Bonchev–Trinajstić information content (AvgIpc) is 2.24. The molecule has 5 heteroatoms. The van der Waals surface area contributed by atoms with Crippen LogP contribution in [0.3, 0.4) is 0 Å². The molecule has 0 amide bonds. The van der Waals surface area contributed by atoms with Gasteiger partial charge in [-0.15, -0.1) is 12.6 Å². The van der Waals surface area contributed by atoms with Gasteiger partial charge in [0.15, 0.2) is 0 Å². The van der Waals surface area contributed by atoms with Gasteiger partial charge in [-0.25, -0.2) is 4.98 Å². The van der Waals surface area contributed by atoms with E-state index in [2.05, 4.69) is 17.6 Å². The molecule has 2 rings (SSSR count). The van der Waals surface area contributed by atoms with E-state index in [4.69, 9.17) is 5.11 Å². The van der Waals surface area contributed by atoms with Crippen LogP contribution in [0.2, 0.25) is 0 Å². The molecule has 15 heavy (non-hydrogen) atoms. The van der Waals surface area contributed by atoms with Gasteiger partial charge in [0.2, 0.25) is 0 Å². The van der Waals surface area contributed by atoms with Crippen molar-refractivity contribution in [3.8, 4) is 11.4 Å². The predicted molar refractivity (Wildman–Crippen MR) is 58.8 cm³/mol. The lowest BCUT2D eigenvalue weighted by Gasteiger charge is -2.04. The van der Waals surface area contributed by atoms with Crippen molar-refractivity contribution in [2.45, 2.75) is 4.90 Å². The van der Waals surface area contributed by atoms with E-state index in [9.17, 15) is 4.79 Å². The second-order valence-corrected chi connectivity index (χ2v) is 3.45. The lowest BCUT2D eigenvalue weighted by Crippen LogP contribution is -2.18. The fourth-order valence-electron chi connectivity index (χ4n) is 1.20. The lowest BCUT2D eigenvalue weighted by atomic mass is 10.3. The summed E-state index contributed by atoms with van der Waals surface area (Å²) in [6, 6.07) is 6.27. The Kier molecular flexibility index (Phi) is 2.47. The summed E-state index contributed by atoms with van der Waals surface area (Å²) in [6.07, 6.45) is 2.80. The van der Waals surface area contributed by atoms with Crippen LogP contribution in [0.1, 0.15) is 0 Å². The maximum Gasteiger partial charge on any atom is 0.271 e. The Balaban J connectivity index is 2.59. The Labute approximate surface area is 91.2 Å². The zero-order valence-electron chi connectivity index (χ0n) is 7.66. The fraction of sp³-hybridized carbons (Fsp3) is 0. The maximum absolute atomic E-state index is 11.6. The highest BCUT2D eigenvalue weighted by atomic mass is 32.1. The van der Waals surface area contributed by atoms with E-state index in [0.717, 1.165) is 0 Å². The number of rotatable bonds is 1. The topological polar surface area (TPSA) is 55.1 Å². The molecule has 0 unspecified atom stereocenters. The summed E-state index contributed by atoms with van der Waals surface area (Å²) in [5.41, 5.74) is 0.403. The summed E-state index contributed by atoms with van der Waals surface area (Å²) in [7, 11) is 0. The Morgan fingerprint density at radius 2 is 1.93 bits per heavy atom. The normalized spacial score (nSPS) is 10.2. The number of benzene rings is 1. The molecule has 0 fully saturated rings. The first-order chi connectivity index (χ1) is 7.18. The van der Waals surface area contributed by atoms with E-state index in [1.807, 2.05) is 0 Å². The van der Waals surface area contributed by atoms with E-state index >= 15 is 0 Å². The molecule has 1 aromatic carbocycles. The van der Waals surface area contributed by atoms with Crippen molar-refractivity contribution in [1.29, 1.82) is 0 Å². The SMILES string of the molecule is O=c1c(S)cncn1-c1ccc(O)cc1. The van der Waals surface area contributed by atoms with Gasteiger partial charge in [-0.1, -0.05) is 0 Å². The zero-order valence-corrected chi connectivity index (χ0v) is 8.56. The fourth-order valence-corrected chi connectivity index (χ4v) is 1.37. The monoisotopic (exact) mass is 220 g/mol. The molecule has 0 spiro atoms. The summed E-state index contributed by atoms with van der Waals surface area (Å²) in [4.78, 5) is 15.8. The number of aromatic nitrogens is 2. The molecule has 0 saturated carbocycles. The number of thiol groups is 1. The smallest absolute Gasteiger partial charge is 0.271 e. The summed E-state index contributed by atoms with van der Waals surface area (Å²) in [5.74, 6) is 0.154. The highest BCUT2D eigenvalue weighted by Gasteiger charge is 2.02. The minimum absolute atomic E-state index is 0.154. The van der Waals surface area contributed by atoms with Crippen LogP contribution in [0.15, 0.2) is 46.5 Å². The molecule has 0 atom stereocenters. The van der Waals surface area contributed by atoms with Gasteiger partial charge in [0.25, 0.3) is 5.56 Å². The van der Waals surface area contributed by atoms with E-state index in [1.165, 1.54) is 29.2 Å². The Morgan fingerprint density at radius 1 is 1.27 bits per heavy atom. The van der Waals surface area contributed by atoms with Crippen LogP contribution in [-0.4, -0.2) is 14.7 Å². The molecule has 1 N–H and O–H groups in total. The van der Waals surface area contributed by atoms with Crippen LogP contribution >= 0.6 is 12.6 Å².